The third kappa shape index (κ3) is 7.21. The van der Waals surface area contributed by atoms with Gasteiger partial charge in [-0.05, 0) is 12.1 Å². The summed E-state index contributed by atoms with van der Waals surface area (Å²) in [6.45, 7) is 5.20. The van der Waals surface area contributed by atoms with Gasteiger partial charge in [0.1, 0.15) is 5.82 Å². The van der Waals surface area contributed by atoms with Gasteiger partial charge in [0.15, 0.2) is 0 Å². The quantitative estimate of drug-likeness (QED) is 0.669. The lowest BCUT2D eigenvalue weighted by Gasteiger charge is -2.36. The molecule has 0 aromatic carbocycles. The molecule has 0 bridgehead atoms. The number of nitrogens with zero attached hydrogens (tertiary/aromatic N) is 5. The normalized spacial score (nSPS) is 14.1. The van der Waals surface area contributed by atoms with Gasteiger partial charge in [-0.25, -0.2) is 9.78 Å². The number of rotatable bonds is 5. The summed E-state index contributed by atoms with van der Waals surface area (Å²) in [4.78, 5) is 33.7. The fraction of sp³-hybridized carbons (Fsp3) is 0.471. The number of thioether (sulfide) groups is 1. The highest BCUT2D eigenvalue weighted by molar-refractivity contribution is 7.99. The zero-order valence-corrected chi connectivity index (χ0v) is 16.9. The van der Waals surface area contributed by atoms with Gasteiger partial charge in [-0.1, -0.05) is 18.7 Å². The second-order valence-electron chi connectivity index (χ2n) is 6.08. The van der Waals surface area contributed by atoms with Crippen molar-refractivity contribution in [2.24, 2.45) is 0 Å². The summed E-state index contributed by atoms with van der Waals surface area (Å²) in [7, 11) is 0. The van der Waals surface area contributed by atoms with E-state index in [1.165, 1.54) is 11.8 Å². The molecule has 30 heavy (non-hydrogen) atoms. The summed E-state index contributed by atoms with van der Waals surface area (Å²) in [5, 5.41) is 14.7. The molecule has 1 amide bonds. The van der Waals surface area contributed by atoms with Gasteiger partial charge in [0, 0.05) is 50.7 Å². The van der Waals surface area contributed by atoms with Crippen LogP contribution in [0.25, 0.3) is 0 Å². The van der Waals surface area contributed by atoms with Gasteiger partial charge in [-0.2, -0.15) is 13.2 Å². The number of carboxylic acid groups (broad SMARTS) is 1. The van der Waals surface area contributed by atoms with Crippen LogP contribution in [0, 0.1) is 0 Å². The molecule has 1 aliphatic rings. The molecule has 0 unspecified atom stereocenters. The predicted molar refractivity (Wildman–Crippen MR) is 103 cm³/mol. The van der Waals surface area contributed by atoms with Crippen LogP contribution < -0.4 is 4.90 Å². The Kier molecular flexibility index (Phi) is 8.45. The topological polar surface area (TPSA) is 115 Å². The Morgan fingerprint density at radius 2 is 1.80 bits per heavy atom. The SMILES string of the molecule is CCc1nc(SCC(=O)N2CCN(c3ccncc3)CC2)n[nH]1.O=C(O)C(F)(F)F. The van der Waals surface area contributed by atoms with E-state index in [4.69, 9.17) is 9.90 Å². The van der Waals surface area contributed by atoms with Gasteiger partial charge in [0.05, 0.1) is 5.75 Å². The number of pyridine rings is 1. The van der Waals surface area contributed by atoms with E-state index in [0.29, 0.717) is 10.9 Å². The summed E-state index contributed by atoms with van der Waals surface area (Å²) in [5.74, 6) is -1.37. The van der Waals surface area contributed by atoms with Gasteiger partial charge >= 0.3 is 12.1 Å². The number of carbonyl (C=O) groups excluding carboxylic acids is 1. The van der Waals surface area contributed by atoms with Crippen molar-refractivity contribution in [3.05, 3.63) is 30.4 Å². The molecule has 9 nitrogen and oxygen atoms in total. The molecule has 0 radical (unpaired) electrons. The summed E-state index contributed by atoms with van der Waals surface area (Å²) >= 11 is 1.39. The molecule has 164 valence electrons. The fourth-order valence-corrected chi connectivity index (χ4v) is 3.21. The Hall–Kier alpha value is -2.83. The maximum atomic E-state index is 12.3. The number of amides is 1. The number of aromatic nitrogens is 4. The van der Waals surface area contributed by atoms with Crippen molar-refractivity contribution < 1.29 is 27.9 Å². The van der Waals surface area contributed by atoms with Crippen LogP contribution in [-0.2, 0) is 16.0 Å². The molecule has 0 aliphatic carbocycles. The van der Waals surface area contributed by atoms with Crippen LogP contribution >= 0.6 is 11.8 Å². The first kappa shape index (κ1) is 23.4. The van der Waals surface area contributed by atoms with Crippen molar-refractivity contribution in [3.63, 3.8) is 0 Å². The van der Waals surface area contributed by atoms with E-state index in [1.807, 2.05) is 24.0 Å². The zero-order valence-electron chi connectivity index (χ0n) is 16.1. The van der Waals surface area contributed by atoms with Gasteiger partial charge < -0.3 is 14.9 Å². The minimum Gasteiger partial charge on any atom is -0.475 e. The highest BCUT2D eigenvalue weighted by Gasteiger charge is 2.38. The minimum atomic E-state index is -5.08. The Balaban J connectivity index is 0.000000396. The van der Waals surface area contributed by atoms with Gasteiger partial charge in [-0.15, -0.1) is 5.10 Å². The van der Waals surface area contributed by atoms with Crippen LogP contribution in [0.5, 0.6) is 0 Å². The Bertz CT molecular complexity index is 826. The summed E-state index contributed by atoms with van der Waals surface area (Å²) in [6, 6.07) is 4.00. The van der Waals surface area contributed by atoms with Crippen LogP contribution in [0.4, 0.5) is 18.9 Å². The number of anilines is 1. The Morgan fingerprint density at radius 1 is 1.20 bits per heavy atom. The number of aryl methyl sites for hydroxylation is 1. The lowest BCUT2D eigenvalue weighted by Crippen LogP contribution is -2.49. The van der Waals surface area contributed by atoms with Crippen LogP contribution in [0.3, 0.4) is 0 Å². The van der Waals surface area contributed by atoms with E-state index < -0.39 is 12.1 Å². The average Bonchev–Trinajstić information content (AvgIpc) is 3.21. The third-order valence-electron chi connectivity index (χ3n) is 4.07. The van der Waals surface area contributed by atoms with Crippen molar-refractivity contribution in [1.29, 1.82) is 0 Å². The van der Waals surface area contributed by atoms with E-state index in [2.05, 4.69) is 25.1 Å². The van der Waals surface area contributed by atoms with E-state index in [0.717, 1.165) is 44.1 Å². The standard InChI is InChI=1S/C15H20N6OS.C2HF3O2/c1-2-13-17-15(19-18-13)23-11-14(22)21-9-7-20(8-10-21)12-3-5-16-6-4-12;3-2(4,5)1(6)7/h3-6H,2,7-11H2,1H3,(H,17,18,19);(H,6,7). The fourth-order valence-electron chi connectivity index (χ4n) is 2.49. The highest BCUT2D eigenvalue weighted by Crippen LogP contribution is 2.17. The van der Waals surface area contributed by atoms with Gasteiger partial charge in [-0.3, -0.25) is 14.9 Å². The number of aliphatic carboxylic acids is 1. The number of piperazine rings is 1. The average molecular weight is 446 g/mol. The van der Waals surface area contributed by atoms with E-state index in [1.54, 1.807) is 12.4 Å². The number of hydrogen-bond donors (Lipinski definition) is 2. The number of carbonyl (C=O) groups is 2. The van der Waals surface area contributed by atoms with Gasteiger partial charge in [0.2, 0.25) is 11.1 Å². The van der Waals surface area contributed by atoms with Crippen LogP contribution in [-0.4, -0.2) is 80.2 Å². The molecule has 1 fully saturated rings. The predicted octanol–water partition coefficient (Wildman–Crippen LogP) is 1.84. The number of alkyl halides is 3. The monoisotopic (exact) mass is 446 g/mol. The first-order valence-electron chi connectivity index (χ1n) is 8.97. The highest BCUT2D eigenvalue weighted by atomic mass is 32.2. The summed E-state index contributed by atoms with van der Waals surface area (Å²) < 4.78 is 31.7. The van der Waals surface area contributed by atoms with E-state index >= 15 is 0 Å². The van der Waals surface area contributed by atoms with Crippen LogP contribution in [0.2, 0.25) is 0 Å². The lowest BCUT2D eigenvalue weighted by atomic mass is 10.2. The molecule has 0 spiro atoms. The van der Waals surface area contributed by atoms with Gasteiger partial charge in [0.25, 0.3) is 0 Å². The van der Waals surface area contributed by atoms with Crippen molar-refractivity contribution >= 4 is 29.3 Å². The molecule has 3 heterocycles. The molecule has 13 heteroatoms. The smallest absolute Gasteiger partial charge is 0.475 e. The maximum absolute atomic E-state index is 12.3. The molecular weight excluding hydrogens is 425 g/mol. The molecule has 3 rings (SSSR count). The maximum Gasteiger partial charge on any atom is 0.490 e. The number of carboxylic acids is 1. The Labute approximate surface area is 174 Å². The summed E-state index contributed by atoms with van der Waals surface area (Å²) in [6.07, 6.45) is -0.672. The molecule has 1 aliphatic heterocycles. The lowest BCUT2D eigenvalue weighted by molar-refractivity contribution is -0.192. The second kappa shape index (κ2) is 10.8. The van der Waals surface area contributed by atoms with Crippen molar-refractivity contribution in [2.45, 2.75) is 24.7 Å². The second-order valence-corrected chi connectivity index (χ2v) is 7.03. The van der Waals surface area contributed by atoms with E-state index in [-0.39, 0.29) is 5.91 Å². The number of nitrogens with one attached hydrogen (secondary N) is 1. The molecule has 2 aromatic heterocycles. The van der Waals surface area contributed by atoms with Crippen LogP contribution in [0.15, 0.2) is 29.7 Å². The summed E-state index contributed by atoms with van der Waals surface area (Å²) in [5.41, 5.74) is 1.16. The number of hydrogen-bond acceptors (Lipinski definition) is 7. The molecule has 2 aromatic rings. The number of H-pyrrole nitrogens is 1. The molecule has 1 saturated heterocycles. The minimum absolute atomic E-state index is 0.146. The van der Waals surface area contributed by atoms with E-state index in [9.17, 15) is 18.0 Å². The third-order valence-corrected chi connectivity index (χ3v) is 4.91. The van der Waals surface area contributed by atoms with Crippen molar-refractivity contribution in [1.82, 2.24) is 25.1 Å². The number of halogens is 3. The van der Waals surface area contributed by atoms with Crippen molar-refractivity contribution in [3.8, 4) is 0 Å². The molecule has 0 saturated carbocycles. The largest absolute Gasteiger partial charge is 0.490 e. The molecular formula is C17H21F3N6O3S. The first-order valence-corrected chi connectivity index (χ1v) is 9.96. The Morgan fingerprint density at radius 3 is 2.30 bits per heavy atom. The zero-order chi connectivity index (χ0) is 22.1. The van der Waals surface area contributed by atoms with Crippen molar-refractivity contribution in [2.75, 3.05) is 36.8 Å². The van der Waals surface area contributed by atoms with Crippen LogP contribution in [0.1, 0.15) is 12.7 Å². The first-order chi connectivity index (χ1) is 14.2. The molecule has 2 N–H and O–H groups in total. The number of aromatic amines is 1. The molecule has 0 atom stereocenters.